The second kappa shape index (κ2) is 13.8. The summed E-state index contributed by atoms with van der Waals surface area (Å²) in [7, 11) is 0. The normalized spacial score (nSPS) is 23.3. The molecule has 1 aromatic heterocycles. The van der Waals surface area contributed by atoms with Gasteiger partial charge in [0.2, 0.25) is 0 Å². The Morgan fingerprint density at radius 1 is 1.36 bits per heavy atom. The van der Waals surface area contributed by atoms with E-state index in [9.17, 15) is 24.9 Å². The number of carboxylic acids is 1. The standard InChI is InChI=1S/C27H42N4O7S/c1-15(24(36)17(3)25(37)26(4,5)20(33)12-23(34)35)8-7-9-27(6)21(38-27)11-19(30-31-28)16(2)10-18-14-39-22(13-32)29-18/h10,14-15,17,19-21,24,32-33,36H,7-9,11-13H2,1-6H3,(H,34,35)/b16-10+/t15-,17+,19-,20-,21?,24-,27+/m0/s1. The Bertz CT molecular complexity index is 1080. The maximum absolute atomic E-state index is 13.0. The van der Waals surface area contributed by atoms with Gasteiger partial charge in [-0.05, 0) is 50.6 Å². The van der Waals surface area contributed by atoms with E-state index in [1.165, 1.54) is 25.2 Å². The molecule has 0 amide bonds. The van der Waals surface area contributed by atoms with Crippen LogP contribution in [0, 0.1) is 17.3 Å². The van der Waals surface area contributed by atoms with Crippen LogP contribution in [0.5, 0.6) is 0 Å². The summed E-state index contributed by atoms with van der Waals surface area (Å²) in [5, 5.41) is 45.6. The number of hydrogen-bond donors (Lipinski definition) is 4. The fourth-order valence-corrected chi connectivity index (χ4v) is 5.57. The number of rotatable bonds is 17. The molecule has 2 heterocycles. The van der Waals surface area contributed by atoms with Crippen LogP contribution in [0.25, 0.3) is 16.5 Å². The molecule has 0 aliphatic carbocycles. The fraction of sp³-hybridized carbons (Fsp3) is 0.741. The van der Waals surface area contributed by atoms with Crippen LogP contribution in [0.1, 0.15) is 84.3 Å². The first kappa shape index (κ1) is 32.9. The van der Waals surface area contributed by atoms with Crippen LogP contribution < -0.4 is 0 Å². The highest BCUT2D eigenvalue weighted by atomic mass is 32.1. The number of nitrogens with zero attached hydrogens (tertiary/aromatic N) is 4. The molecule has 1 unspecified atom stereocenters. The zero-order valence-corrected chi connectivity index (χ0v) is 24.4. The molecule has 1 aliphatic heterocycles. The Morgan fingerprint density at radius 3 is 2.59 bits per heavy atom. The van der Waals surface area contributed by atoms with Crippen molar-refractivity contribution < 1.29 is 34.8 Å². The van der Waals surface area contributed by atoms with E-state index in [2.05, 4.69) is 15.0 Å². The summed E-state index contributed by atoms with van der Waals surface area (Å²) in [6, 6.07) is -0.395. The van der Waals surface area contributed by atoms with Crippen molar-refractivity contribution in [3.05, 3.63) is 32.1 Å². The molecule has 1 saturated heterocycles. The number of ketones is 1. The van der Waals surface area contributed by atoms with Gasteiger partial charge in [-0.1, -0.05) is 44.8 Å². The number of thiazole rings is 1. The quantitative estimate of drug-likeness (QED) is 0.0917. The highest BCUT2D eigenvalue weighted by molar-refractivity contribution is 7.09. The Kier molecular flexibility index (Phi) is 11.7. The van der Waals surface area contributed by atoms with Crippen molar-refractivity contribution in [3.63, 3.8) is 0 Å². The lowest BCUT2D eigenvalue weighted by atomic mass is 9.73. The molecule has 1 aromatic rings. The minimum atomic E-state index is -1.34. The molecule has 1 fully saturated rings. The monoisotopic (exact) mass is 566 g/mol. The summed E-state index contributed by atoms with van der Waals surface area (Å²) in [6.07, 6.45) is 1.61. The van der Waals surface area contributed by atoms with Crippen LogP contribution in [-0.4, -0.2) is 67.1 Å². The zero-order valence-electron chi connectivity index (χ0n) is 23.6. The maximum Gasteiger partial charge on any atom is 0.306 e. The van der Waals surface area contributed by atoms with Gasteiger partial charge in [0.1, 0.15) is 10.8 Å². The number of ether oxygens (including phenoxy) is 1. The molecule has 0 bridgehead atoms. The van der Waals surface area contributed by atoms with Gasteiger partial charge in [0.25, 0.3) is 0 Å². The average Bonchev–Trinajstić information content (AvgIpc) is 3.28. The zero-order chi connectivity index (χ0) is 29.5. The van der Waals surface area contributed by atoms with E-state index >= 15 is 0 Å². The van der Waals surface area contributed by atoms with Crippen molar-refractivity contribution in [2.75, 3.05) is 0 Å². The number of carboxylic acid groups (broad SMARTS) is 1. The van der Waals surface area contributed by atoms with Crippen LogP contribution >= 0.6 is 11.3 Å². The molecule has 218 valence electrons. The van der Waals surface area contributed by atoms with Crippen molar-refractivity contribution >= 4 is 29.2 Å². The lowest BCUT2D eigenvalue weighted by Crippen LogP contribution is -2.45. The summed E-state index contributed by atoms with van der Waals surface area (Å²) in [5.74, 6) is -2.51. The second-order valence-corrected chi connectivity index (χ2v) is 12.4. The lowest BCUT2D eigenvalue weighted by Gasteiger charge is -2.34. The van der Waals surface area contributed by atoms with Gasteiger partial charge in [-0.2, -0.15) is 0 Å². The molecule has 1 aliphatic rings. The number of aliphatic carboxylic acids is 1. The molecule has 11 nitrogen and oxygen atoms in total. The summed E-state index contributed by atoms with van der Waals surface area (Å²) in [5.41, 5.74) is 8.97. The van der Waals surface area contributed by atoms with E-state index in [4.69, 9.17) is 15.4 Å². The van der Waals surface area contributed by atoms with E-state index in [0.29, 0.717) is 23.5 Å². The van der Waals surface area contributed by atoms with Crippen LogP contribution in [0.2, 0.25) is 0 Å². The van der Waals surface area contributed by atoms with Gasteiger partial charge in [-0.3, -0.25) is 9.59 Å². The highest BCUT2D eigenvalue weighted by Gasteiger charge is 2.52. The van der Waals surface area contributed by atoms with Crippen LogP contribution in [0.3, 0.4) is 0 Å². The molecular weight excluding hydrogens is 524 g/mol. The van der Waals surface area contributed by atoms with Crippen LogP contribution in [0.4, 0.5) is 0 Å². The molecule has 0 saturated carbocycles. The summed E-state index contributed by atoms with van der Waals surface area (Å²) < 4.78 is 5.98. The third kappa shape index (κ3) is 8.83. The Hall–Kier alpha value is -2.34. The number of hydrogen-bond acceptors (Lipinski definition) is 9. The average molecular weight is 567 g/mol. The number of carbonyl (C=O) groups is 2. The van der Waals surface area contributed by atoms with E-state index in [0.717, 1.165) is 18.4 Å². The van der Waals surface area contributed by atoms with Gasteiger partial charge < -0.3 is 25.2 Å². The predicted molar refractivity (Wildman–Crippen MR) is 148 cm³/mol. The molecule has 2 rings (SSSR count). The molecular formula is C27H42N4O7S. The number of aliphatic hydroxyl groups is 3. The Labute approximate surface area is 233 Å². The van der Waals surface area contributed by atoms with Gasteiger partial charge >= 0.3 is 5.97 Å². The number of aliphatic hydroxyl groups excluding tert-OH is 3. The van der Waals surface area contributed by atoms with Gasteiger partial charge in [-0.15, -0.1) is 11.3 Å². The third-order valence-corrected chi connectivity index (χ3v) is 8.80. The second-order valence-electron chi connectivity index (χ2n) is 11.4. The van der Waals surface area contributed by atoms with E-state index in [-0.39, 0.29) is 30.0 Å². The van der Waals surface area contributed by atoms with Gasteiger partial charge in [0, 0.05) is 16.2 Å². The molecule has 4 N–H and O–H groups in total. The number of aromatic nitrogens is 1. The van der Waals surface area contributed by atoms with Crippen molar-refractivity contribution in [1.82, 2.24) is 4.98 Å². The topological polar surface area (TPSA) is 189 Å². The minimum absolute atomic E-state index is 0.0861. The van der Waals surface area contributed by atoms with Gasteiger partial charge in [-0.25, -0.2) is 4.98 Å². The summed E-state index contributed by atoms with van der Waals surface area (Å²) in [6.45, 7) is 10.3. The van der Waals surface area contributed by atoms with E-state index < -0.39 is 42.0 Å². The smallest absolute Gasteiger partial charge is 0.306 e. The first-order valence-electron chi connectivity index (χ1n) is 13.2. The Morgan fingerprint density at radius 2 is 2.03 bits per heavy atom. The van der Waals surface area contributed by atoms with Crippen LogP contribution in [0.15, 0.2) is 16.1 Å². The number of carbonyl (C=O) groups excluding carboxylic acids is 1. The first-order valence-corrected chi connectivity index (χ1v) is 14.1. The SMILES string of the molecule is C/C(=C\c1csc(CO)n1)[C@H](CC1O[C@]1(C)CCC[C@H](C)[C@H](O)[C@@H](C)C(=O)C(C)(C)[C@@H](O)CC(=O)O)N=[N+]=[N-]. The molecule has 7 atom stereocenters. The number of Topliss-reactive ketones (excluding diaryl/α,β-unsaturated/α-hetero) is 1. The van der Waals surface area contributed by atoms with Crippen molar-refractivity contribution in [3.8, 4) is 0 Å². The predicted octanol–water partition coefficient (Wildman–Crippen LogP) is 4.50. The van der Waals surface area contributed by atoms with Gasteiger partial charge in [0.05, 0.1) is 54.1 Å². The Balaban J connectivity index is 1.89. The molecule has 39 heavy (non-hydrogen) atoms. The number of epoxide rings is 1. The molecule has 12 heteroatoms. The molecule has 0 aromatic carbocycles. The maximum atomic E-state index is 13.0. The molecule has 0 radical (unpaired) electrons. The largest absolute Gasteiger partial charge is 0.481 e. The van der Waals surface area contributed by atoms with Crippen molar-refractivity contribution in [2.45, 2.75) is 110 Å². The minimum Gasteiger partial charge on any atom is -0.481 e. The summed E-state index contributed by atoms with van der Waals surface area (Å²) in [4.78, 5) is 31.2. The van der Waals surface area contributed by atoms with Crippen molar-refractivity contribution in [2.24, 2.45) is 22.4 Å². The molecule has 0 spiro atoms. The van der Waals surface area contributed by atoms with Crippen molar-refractivity contribution in [1.29, 1.82) is 0 Å². The van der Waals surface area contributed by atoms with E-state index in [1.54, 1.807) is 6.92 Å². The first-order chi connectivity index (χ1) is 18.2. The summed E-state index contributed by atoms with van der Waals surface area (Å²) >= 11 is 1.36. The van der Waals surface area contributed by atoms with Gasteiger partial charge in [0.15, 0.2) is 0 Å². The third-order valence-electron chi connectivity index (χ3n) is 7.95. The number of azide groups is 1. The highest BCUT2D eigenvalue weighted by Crippen LogP contribution is 2.45. The van der Waals surface area contributed by atoms with Crippen LogP contribution in [-0.2, 0) is 20.9 Å². The lowest BCUT2D eigenvalue weighted by molar-refractivity contribution is -0.147. The fourth-order valence-electron chi connectivity index (χ4n) is 4.96. The van der Waals surface area contributed by atoms with E-state index in [1.807, 2.05) is 32.2 Å².